The average Bonchev–Trinajstić information content (AvgIpc) is 2.91. The van der Waals surface area contributed by atoms with Crippen LogP contribution in [0.2, 0.25) is 0 Å². The molecule has 0 amide bonds. The first kappa shape index (κ1) is 13.6. The van der Waals surface area contributed by atoms with Gasteiger partial charge in [-0.3, -0.25) is 4.99 Å². The summed E-state index contributed by atoms with van der Waals surface area (Å²) in [4.78, 5) is 4.82. The minimum Gasteiger partial charge on any atom is -0.359 e. The van der Waals surface area contributed by atoms with Crippen molar-refractivity contribution in [1.82, 2.24) is 5.32 Å². The number of thioether (sulfide) groups is 2. The lowest BCUT2D eigenvalue weighted by molar-refractivity contribution is 0.452. The van der Waals surface area contributed by atoms with Crippen LogP contribution in [0.4, 0.5) is 0 Å². The lowest BCUT2D eigenvalue weighted by Gasteiger charge is -2.22. The van der Waals surface area contributed by atoms with Crippen LogP contribution in [-0.4, -0.2) is 34.0 Å². The molecule has 0 aromatic rings. The third-order valence-electron chi connectivity index (χ3n) is 3.64. The van der Waals surface area contributed by atoms with Crippen molar-refractivity contribution in [2.45, 2.75) is 57.5 Å². The number of rotatable bonds is 5. The third kappa shape index (κ3) is 3.82. The summed E-state index contributed by atoms with van der Waals surface area (Å²) < 4.78 is 0. The summed E-state index contributed by atoms with van der Waals surface area (Å²) in [6.07, 6.45) is 6.68. The second-order valence-corrected chi connectivity index (χ2v) is 7.53. The fourth-order valence-corrected chi connectivity index (χ4v) is 4.67. The molecule has 2 aliphatic rings. The van der Waals surface area contributed by atoms with Crippen LogP contribution in [0.15, 0.2) is 4.99 Å². The van der Waals surface area contributed by atoms with E-state index in [4.69, 9.17) is 4.99 Å². The number of nitrogens with zero attached hydrogens (tertiary/aromatic N) is 1. The summed E-state index contributed by atoms with van der Waals surface area (Å²) >= 11 is 3.95. The van der Waals surface area contributed by atoms with Crippen LogP contribution in [0.5, 0.6) is 0 Å². The zero-order valence-corrected chi connectivity index (χ0v) is 12.6. The SMILES string of the molecule is CCSCCC(C)N=C1NC2(CCCC2)CS1. The van der Waals surface area contributed by atoms with Crippen molar-refractivity contribution in [1.29, 1.82) is 0 Å². The maximum Gasteiger partial charge on any atom is 0.157 e. The molecule has 4 heteroatoms. The van der Waals surface area contributed by atoms with Gasteiger partial charge >= 0.3 is 0 Å². The highest BCUT2D eigenvalue weighted by atomic mass is 32.2. The number of amidine groups is 1. The van der Waals surface area contributed by atoms with E-state index in [0.29, 0.717) is 11.6 Å². The van der Waals surface area contributed by atoms with Crippen molar-refractivity contribution >= 4 is 28.7 Å². The first-order valence-electron chi connectivity index (χ1n) is 6.81. The van der Waals surface area contributed by atoms with E-state index in [2.05, 4.69) is 19.2 Å². The molecule has 17 heavy (non-hydrogen) atoms. The Kier molecular flexibility index (Phi) is 5.10. The van der Waals surface area contributed by atoms with E-state index in [9.17, 15) is 0 Å². The van der Waals surface area contributed by atoms with Gasteiger partial charge in [0.25, 0.3) is 0 Å². The van der Waals surface area contributed by atoms with Crippen molar-refractivity contribution in [3.8, 4) is 0 Å². The zero-order valence-electron chi connectivity index (χ0n) is 11.0. The molecule has 1 aliphatic carbocycles. The van der Waals surface area contributed by atoms with E-state index in [1.54, 1.807) is 0 Å². The summed E-state index contributed by atoms with van der Waals surface area (Å²) in [7, 11) is 0. The predicted octanol–water partition coefficient (Wildman–Crippen LogP) is 3.52. The van der Waals surface area contributed by atoms with Gasteiger partial charge in [-0.2, -0.15) is 11.8 Å². The monoisotopic (exact) mass is 272 g/mol. The Labute approximate surface area is 114 Å². The van der Waals surface area contributed by atoms with Crippen LogP contribution in [-0.2, 0) is 0 Å². The Morgan fingerprint density at radius 1 is 1.47 bits per heavy atom. The van der Waals surface area contributed by atoms with Gasteiger partial charge in [0.05, 0.1) is 6.04 Å². The van der Waals surface area contributed by atoms with Crippen LogP contribution in [0.1, 0.15) is 46.0 Å². The summed E-state index contributed by atoms with van der Waals surface area (Å²) in [5, 5.41) is 4.90. The lowest BCUT2D eigenvalue weighted by atomic mass is 10.0. The molecule has 1 aliphatic heterocycles. The fourth-order valence-electron chi connectivity index (χ4n) is 2.56. The Morgan fingerprint density at radius 2 is 2.24 bits per heavy atom. The molecule has 1 spiro atoms. The fraction of sp³-hybridized carbons (Fsp3) is 0.923. The van der Waals surface area contributed by atoms with Gasteiger partial charge in [0.1, 0.15) is 0 Å². The third-order valence-corrected chi connectivity index (χ3v) is 5.75. The summed E-state index contributed by atoms with van der Waals surface area (Å²) in [6, 6.07) is 0.473. The smallest absolute Gasteiger partial charge is 0.157 e. The van der Waals surface area contributed by atoms with Crippen LogP contribution < -0.4 is 5.32 Å². The standard InChI is InChI=1S/C13H24N2S2/c1-3-16-9-6-11(2)14-12-15-13(10-17-12)7-4-5-8-13/h11H,3-10H2,1-2H3,(H,14,15). The van der Waals surface area contributed by atoms with Gasteiger partial charge in [0.2, 0.25) is 0 Å². The molecule has 98 valence electrons. The number of hydrogen-bond donors (Lipinski definition) is 1. The average molecular weight is 272 g/mol. The molecule has 1 N–H and O–H groups in total. The Hall–Kier alpha value is 0.170. The molecule has 2 rings (SSSR count). The van der Waals surface area contributed by atoms with Gasteiger partial charge in [-0.15, -0.1) is 0 Å². The highest BCUT2D eigenvalue weighted by Gasteiger charge is 2.39. The quantitative estimate of drug-likeness (QED) is 0.775. The maximum absolute atomic E-state index is 4.82. The van der Waals surface area contributed by atoms with Gasteiger partial charge in [0.15, 0.2) is 5.17 Å². The first-order chi connectivity index (χ1) is 8.24. The molecule has 2 nitrogen and oxygen atoms in total. The topological polar surface area (TPSA) is 24.4 Å². The highest BCUT2D eigenvalue weighted by Crippen LogP contribution is 2.37. The highest BCUT2D eigenvalue weighted by molar-refractivity contribution is 8.14. The van der Waals surface area contributed by atoms with Gasteiger partial charge in [0, 0.05) is 11.3 Å². The normalized spacial score (nSPS) is 26.6. The molecular formula is C13H24N2S2. The lowest BCUT2D eigenvalue weighted by Crippen LogP contribution is -2.40. The minimum absolute atomic E-state index is 0.418. The molecule has 2 fully saturated rings. The van der Waals surface area contributed by atoms with Gasteiger partial charge in [-0.05, 0) is 37.7 Å². The van der Waals surface area contributed by atoms with E-state index in [0.717, 1.165) is 0 Å². The number of hydrogen-bond acceptors (Lipinski definition) is 3. The van der Waals surface area contributed by atoms with Gasteiger partial charge in [-0.1, -0.05) is 31.5 Å². The molecule has 0 bridgehead atoms. The summed E-state index contributed by atoms with van der Waals surface area (Å²) in [5.74, 6) is 3.70. The number of aliphatic imine (C=N–C) groups is 1. The predicted molar refractivity (Wildman–Crippen MR) is 81.3 cm³/mol. The number of nitrogens with one attached hydrogen (secondary N) is 1. The van der Waals surface area contributed by atoms with Gasteiger partial charge in [-0.25, -0.2) is 0 Å². The molecule has 1 atom stereocenters. The van der Waals surface area contributed by atoms with Crippen LogP contribution >= 0.6 is 23.5 Å². The summed E-state index contributed by atoms with van der Waals surface area (Å²) in [5.41, 5.74) is 0.418. The van der Waals surface area contributed by atoms with Crippen molar-refractivity contribution in [2.24, 2.45) is 4.99 Å². The Balaban J connectivity index is 1.78. The van der Waals surface area contributed by atoms with E-state index in [-0.39, 0.29) is 0 Å². The van der Waals surface area contributed by atoms with Crippen molar-refractivity contribution < 1.29 is 0 Å². The maximum atomic E-state index is 4.82. The Bertz CT molecular complexity index is 273. The molecule has 0 aromatic heterocycles. The van der Waals surface area contributed by atoms with E-state index >= 15 is 0 Å². The minimum atomic E-state index is 0.418. The van der Waals surface area contributed by atoms with Crippen molar-refractivity contribution in [2.75, 3.05) is 17.3 Å². The second kappa shape index (κ2) is 6.37. The van der Waals surface area contributed by atoms with E-state index in [1.807, 2.05) is 23.5 Å². The van der Waals surface area contributed by atoms with Crippen molar-refractivity contribution in [3.05, 3.63) is 0 Å². The molecule has 0 aromatic carbocycles. The summed E-state index contributed by atoms with van der Waals surface area (Å²) in [6.45, 7) is 4.46. The van der Waals surface area contributed by atoms with Crippen LogP contribution in [0.25, 0.3) is 0 Å². The van der Waals surface area contributed by atoms with Gasteiger partial charge < -0.3 is 5.32 Å². The van der Waals surface area contributed by atoms with Crippen molar-refractivity contribution in [3.63, 3.8) is 0 Å². The largest absolute Gasteiger partial charge is 0.359 e. The zero-order chi connectivity index (χ0) is 12.1. The van der Waals surface area contributed by atoms with E-state index < -0.39 is 0 Å². The molecule has 1 saturated carbocycles. The molecule has 0 radical (unpaired) electrons. The van der Waals surface area contributed by atoms with E-state index in [1.165, 1.54) is 54.5 Å². The molecule has 1 heterocycles. The molecular weight excluding hydrogens is 248 g/mol. The Morgan fingerprint density at radius 3 is 2.94 bits per heavy atom. The van der Waals surface area contributed by atoms with Crippen LogP contribution in [0.3, 0.4) is 0 Å². The molecule has 1 saturated heterocycles. The second-order valence-electron chi connectivity index (χ2n) is 5.17. The molecule has 1 unspecified atom stereocenters. The van der Waals surface area contributed by atoms with Crippen LogP contribution in [0, 0.1) is 0 Å². The first-order valence-corrected chi connectivity index (χ1v) is 8.95.